The maximum atomic E-state index is 13.5. The molecule has 1 nitrogen and oxygen atoms in total. The van der Waals surface area contributed by atoms with Crippen LogP contribution in [-0.2, 0) is 0 Å². The Hall–Kier alpha value is -1.32. The summed E-state index contributed by atoms with van der Waals surface area (Å²) >= 11 is 1.72. The van der Waals surface area contributed by atoms with Crippen molar-refractivity contribution in [1.29, 1.82) is 0 Å². The van der Waals surface area contributed by atoms with Gasteiger partial charge in [-0.05, 0) is 61.2 Å². The van der Waals surface area contributed by atoms with Crippen LogP contribution in [0.4, 0.5) is 4.39 Å². The van der Waals surface area contributed by atoms with Crippen LogP contribution in [-0.4, -0.2) is 13.3 Å². The van der Waals surface area contributed by atoms with Gasteiger partial charge in [-0.15, -0.1) is 11.8 Å². The zero-order valence-corrected chi connectivity index (χ0v) is 12.2. The lowest BCUT2D eigenvalue weighted by molar-refractivity contribution is 0.615. The fraction of sp³-hybridized carbons (Fsp3) is 0.250. The van der Waals surface area contributed by atoms with Crippen molar-refractivity contribution < 1.29 is 4.39 Å². The van der Waals surface area contributed by atoms with Gasteiger partial charge in [-0.3, -0.25) is 0 Å². The van der Waals surface area contributed by atoms with Crippen LogP contribution in [0.15, 0.2) is 47.4 Å². The smallest absolute Gasteiger partial charge is 0.123 e. The normalized spacial score (nSPS) is 12.4. The van der Waals surface area contributed by atoms with Gasteiger partial charge < -0.3 is 5.32 Å². The van der Waals surface area contributed by atoms with Gasteiger partial charge in [0.2, 0.25) is 0 Å². The maximum absolute atomic E-state index is 13.5. The third-order valence-corrected chi connectivity index (χ3v) is 3.88. The minimum absolute atomic E-state index is 0.0188. The topological polar surface area (TPSA) is 12.0 Å². The Kier molecular flexibility index (Phi) is 4.61. The van der Waals surface area contributed by atoms with E-state index in [4.69, 9.17) is 0 Å². The number of nitrogens with one attached hydrogen (secondary N) is 1. The number of hydrogen-bond donors (Lipinski definition) is 1. The van der Waals surface area contributed by atoms with Crippen LogP contribution in [0.2, 0.25) is 0 Å². The first-order valence-electron chi connectivity index (χ1n) is 6.22. The molecular weight excluding hydrogens is 257 g/mol. The number of hydrogen-bond acceptors (Lipinski definition) is 2. The monoisotopic (exact) mass is 275 g/mol. The van der Waals surface area contributed by atoms with Crippen LogP contribution >= 0.6 is 11.8 Å². The zero-order valence-electron chi connectivity index (χ0n) is 11.4. The van der Waals surface area contributed by atoms with E-state index in [1.807, 2.05) is 20.0 Å². The van der Waals surface area contributed by atoms with Gasteiger partial charge in [-0.25, -0.2) is 4.39 Å². The van der Waals surface area contributed by atoms with Crippen molar-refractivity contribution in [1.82, 2.24) is 5.32 Å². The predicted octanol–water partition coefficient (Wildman–Crippen LogP) is 4.16. The van der Waals surface area contributed by atoms with E-state index >= 15 is 0 Å². The highest BCUT2D eigenvalue weighted by molar-refractivity contribution is 7.98. The third kappa shape index (κ3) is 3.37. The van der Waals surface area contributed by atoms with Gasteiger partial charge in [0.1, 0.15) is 5.82 Å². The van der Waals surface area contributed by atoms with Crippen molar-refractivity contribution in [2.75, 3.05) is 13.3 Å². The molecule has 0 fully saturated rings. The Morgan fingerprint density at radius 3 is 2.26 bits per heavy atom. The molecule has 2 rings (SSSR count). The predicted molar refractivity (Wildman–Crippen MR) is 80.3 cm³/mol. The maximum Gasteiger partial charge on any atom is 0.123 e. The molecule has 0 heterocycles. The van der Waals surface area contributed by atoms with Gasteiger partial charge in [-0.2, -0.15) is 0 Å². The Morgan fingerprint density at radius 2 is 1.74 bits per heavy atom. The largest absolute Gasteiger partial charge is 0.309 e. The van der Waals surface area contributed by atoms with Crippen LogP contribution < -0.4 is 5.32 Å². The van der Waals surface area contributed by atoms with E-state index in [0.29, 0.717) is 0 Å². The van der Waals surface area contributed by atoms with Crippen molar-refractivity contribution in [2.45, 2.75) is 17.9 Å². The Morgan fingerprint density at radius 1 is 1.05 bits per heavy atom. The Balaban J connectivity index is 2.37. The molecule has 1 unspecified atom stereocenters. The van der Waals surface area contributed by atoms with Crippen LogP contribution in [0.5, 0.6) is 0 Å². The fourth-order valence-corrected chi connectivity index (χ4v) is 2.66. The summed E-state index contributed by atoms with van der Waals surface area (Å²) in [6.07, 6.45) is 2.06. The molecule has 3 heteroatoms. The van der Waals surface area contributed by atoms with Crippen LogP contribution in [0, 0.1) is 12.7 Å². The summed E-state index contributed by atoms with van der Waals surface area (Å²) in [6, 6.07) is 13.6. The number of halogens is 1. The van der Waals surface area contributed by atoms with Crippen LogP contribution in [0.25, 0.3) is 0 Å². The highest BCUT2D eigenvalue weighted by Gasteiger charge is 2.13. The van der Waals surface area contributed by atoms with Gasteiger partial charge in [0, 0.05) is 4.90 Å². The molecule has 0 spiro atoms. The molecule has 0 aliphatic rings. The molecule has 0 aliphatic heterocycles. The summed E-state index contributed by atoms with van der Waals surface area (Å²) in [5.41, 5.74) is 3.04. The SMILES string of the molecule is CNC(c1ccc(SC)cc1)c1cc(C)cc(F)c1. The molecule has 0 amide bonds. The van der Waals surface area contributed by atoms with Crippen LogP contribution in [0.1, 0.15) is 22.7 Å². The quantitative estimate of drug-likeness (QED) is 0.841. The Bertz CT molecular complexity index is 531. The molecular formula is C16H18FNS. The van der Waals surface area contributed by atoms with Crippen LogP contribution in [0.3, 0.4) is 0 Å². The average Bonchev–Trinajstić information content (AvgIpc) is 2.39. The van der Waals surface area contributed by atoms with E-state index < -0.39 is 0 Å². The lowest BCUT2D eigenvalue weighted by atomic mass is 9.97. The molecule has 0 aromatic heterocycles. The summed E-state index contributed by atoms with van der Waals surface area (Å²) in [6.45, 7) is 1.91. The first kappa shape index (κ1) is 14.1. The standard InChI is InChI=1S/C16H18FNS/c1-11-8-13(10-14(17)9-11)16(18-2)12-4-6-15(19-3)7-5-12/h4-10,16,18H,1-3H3. The molecule has 0 saturated carbocycles. The molecule has 1 N–H and O–H groups in total. The van der Waals surface area contributed by atoms with Gasteiger partial charge in [0.05, 0.1) is 6.04 Å². The lowest BCUT2D eigenvalue weighted by Crippen LogP contribution is -2.17. The van der Waals surface area contributed by atoms with E-state index in [-0.39, 0.29) is 11.9 Å². The second-order valence-corrected chi connectivity index (χ2v) is 5.44. The van der Waals surface area contributed by atoms with E-state index in [0.717, 1.165) is 16.7 Å². The minimum atomic E-state index is -0.184. The molecule has 0 bridgehead atoms. The Labute approximate surface area is 118 Å². The van der Waals surface area contributed by atoms with Crippen molar-refractivity contribution in [3.63, 3.8) is 0 Å². The van der Waals surface area contributed by atoms with E-state index in [1.54, 1.807) is 23.9 Å². The number of aryl methyl sites for hydroxylation is 1. The van der Waals surface area contributed by atoms with Gasteiger partial charge in [-0.1, -0.05) is 18.2 Å². The number of rotatable bonds is 4. The summed E-state index contributed by atoms with van der Waals surface area (Å²) in [7, 11) is 1.90. The molecule has 0 radical (unpaired) electrons. The van der Waals surface area contributed by atoms with E-state index in [9.17, 15) is 4.39 Å². The molecule has 19 heavy (non-hydrogen) atoms. The van der Waals surface area contributed by atoms with E-state index in [2.05, 4.69) is 35.8 Å². The summed E-state index contributed by atoms with van der Waals surface area (Å²) < 4.78 is 13.5. The van der Waals surface area contributed by atoms with E-state index in [1.165, 1.54) is 4.90 Å². The van der Waals surface area contributed by atoms with Gasteiger partial charge >= 0.3 is 0 Å². The van der Waals surface area contributed by atoms with Crippen molar-refractivity contribution in [3.05, 3.63) is 65.0 Å². The molecule has 0 aliphatic carbocycles. The second kappa shape index (κ2) is 6.22. The first-order chi connectivity index (χ1) is 9.13. The molecule has 0 saturated heterocycles. The van der Waals surface area contributed by atoms with Gasteiger partial charge in [0.25, 0.3) is 0 Å². The van der Waals surface area contributed by atoms with Crippen molar-refractivity contribution in [3.8, 4) is 0 Å². The molecule has 1 atom stereocenters. The second-order valence-electron chi connectivity index (χ2n) is 4.56. The van der Waals surface area contributed by atoms with Crippen molar-refractivity contribution >= 4 is 11.8 Å². The molecule has 100 valence electrons. The molecule has 2 aromatic rings. The zero-order chi connectivity index (χ0) is 13.8. The summed E-state index contributed by atoms with van der Waals surface area (Å²) in [5.74, 6) is -0.184. The number of benzene rings is 2. The summed E-state index contributed by atoms with van der Waals surface area (Å²) in [4.78, 5) is 1.23. The van der Waals surface area contributed by atoms with Gasteiger partial charge in [0.15, 0.2) is 0 Å². The fourth-order valence-electron chi connectivity index (χ4n) is 2.25. The third-order valence-electron chi connectivity index (χ3n) is 3.14. The van der Waals surface area contributed by atoms with Crippen molar-refractivity contribution in [2.24, 2.45) is 0 Å². The minimum Gasteiger partial charge on any atom is -0.309 e. The number of thioether (sulfide) groups is 1. The molecule has 2 aromatic carbocycles. The summed E-state index contributed by atoms with van der Waals surface area (Å²) in [5, 5.41) is 3.25. The average molecular weight is 275 g/mol. The highest BCUT2D eigenvalue weighted by atomic mass is 32.2. The first-order valence-corrected chi connectivity index (χ1v) is 7.45. The highest BCUT2D eigenvalue weighted by Crippen LogP contribution is 2.25. The lowest BCUT2D eigenvalue weighted by Gasteiger charge is -2.18.